The first kappa shape index (κ1) is 26.5. The van der Waals surface area contributed by atoms with Crippen molar-refractivity contribution in [2.75, 3.05) is 19.8 Å². The molecule has 7 heteroatoms. The second-order valence-electron chi connectivity index (χ2n) is 8.87. The van der Waals surface area contributed by atoms with Crippen molar-refractivity contribution in [2.45, 2.75) is 70.1 Å². The van der Waals surface area contributed by atoms with Crippen molar-refractivity contribution in [3.8, 4) is 0 Å². The number of aliphatic hydroxyl groups excluding tert-OH is 2. The Morgan fingerprint density at radius 1 is 1.17 bits per heavy atom. The van der Waals surface area contributed by atoms with Crippen LogP contribution in [0.15, 0.2) is 43.0 Å². The molecular weight excluding hydrogens is 400 g/mol. The molecule has 1 rings (SSSR count). The Balaban J connectivity index is 2.56. The average Bonchev–Trinajstić information content (AvgIpc) is 2.71. The topological polar surface area (TPSA) is 85.2 Å². The Morgan fingerprint density at radius 3 is 2.30 bits per heavy atom. The minimum Gasteiger partial charge on any atom is -0.452 e. The first-order valence-electron chi connectivity index (χ1n) is 10.5. The lowest BCUT2D eigenvalue weighted by Gasteiger charge is -2.36. The fourth-order valence-electron chi connectivity index (χ4n) is 2.51. The smallest absolute Gasteiger partial charge is 0.338 e. The van der Waals surface area contributed by atoms with Gasteiger partial charge >= 0.3 is 5.97 Å². The number of hydrogen-bond donors (Lipinski definition) is 2. The summed E-state index contributed by atoms with van der Waals surface area (Å²) in [6, 6.07) is 8.56. The maximum Gasteiger partial charge on any atom is 0.338 e. The van der Waals surface area contributed by atoms with Crippen molar-refractivity contribution < 1.29 is 28.9 Å². The molecule has 0 amide bonds. The maximum absolute atomic E-state index is 12.3. The summed E-state index contributed by atoms with van der Waals surface area (Å²) in [6.07, 6.45) is -0.0355. The third-order valence-electron chi connectivity index (χ3n) is 5.49. The largest absolute Gasteiger partial charge is 0.452 e. The lowest BCUT2D eigenvalue weighted by atomic mass is 10.1. The molecular formula is C23H38O6Si. The van der Waals surface area contributed by atoms with E-state index in [0.717, 1.165) is 12.8 Å². The van der Waals surface area contributed by atoms with Crippen LogP contribution in [0.2, 0.25) is 18.1 Å². The molecule has 0 saturated heterocycles. The Hall–Kier alpha value is -1.51. The molecule has 0 spiro atoms. The van der Waals surface area contributed by atoms with Crippen LogP contribution >= 0.6 is 0 Å². The zero-order chi connectivity index (χ0) is 22.8. The highest BCUT2D eigenvalue weighted by molar-refractivity contribution is 6.74. The molecule has 0 aliphatic heterocycles. The van der Waals surface area contributed by atoms with Crippen LogP contribution in [0.25, 0.3) is 0 Å². The van der Waals surface area contributed by atoms with Gasteiger partial charge in [0.2, 0.25) is 0 Å². The number of ether oxygens (including phenoxy) is 2. The molecule has 0 aromatic heterocycles. The summed E-state index contributed by atoms with van der Waals surface area (Å²) in [5.41, 5.74) is 0.393. The zero-order valence-corrected chi connectivity index (χ0v) is 20.0. The van der Waals surface area contributed by atoms with Crippen molar-refractivity contribution in [1.29, 1.82) is 0 Å². The summed E-state index contributed by atoms with van der Waals surface area (Å²) in [5, 5.41) is 19.7. The monoisotopic (exact) mass is 438 g/mol. The molecule has 0 fully saturated rings. The number of benzene rings is 1. The predicted molar refractivity (Wildman–Crippen MR) is 121 cm³/mol. The van der Waals surface area contributed by atoms with E-state index in [1.54, 1.807) is 30.3 Å². The molecule has 0 aliphatic rings. The highest BCUT2D eigenvalue weighted by atomic mass is 28.4. The number of unbranched alkanes of at least 4 members (excludes halogenated alkanes) is 1. The lowest BCUT2D eigenvalue weighted by molar-refractivity contribution is -0.104. The summed E-state index contributed by atoms with van der Waals surface area (Å²) in [7, 11) is -1.77. The van der Waals surface area contributed by atoms with Crippen LogP contribution in [-0.2, 0) is 13.9 Å². The van der Waals surface area contributed by atoms with Crippen molar-refractivity contribution in [1.82, 2.24) is 0 Å². The van der Waals surface area contributed by atoms with Crippen LogP contribution in [0.4, 0.5) is 0 Å². The van der Waals surface area contributed by atoms with Crippen LogP contribution in [0.1, 0.15) is 44.0 Å². The summed E-state index contributed by atoms with van der Waals surface area (Å²) in [5.74, 6) is -0.540. The highest BCUT2D eigenvalue weighted by Crippen LogP contribution is 2.36. The molecule has 0 bridgehead atoms. The maximum atomic E-state index is 12.3. The van der Waals surface area contributed by atoms with Gasteiger partial charge in [-0.2, -0.15) is 0 Å². The molecule has 0 aliphatic carbocycles. The summed E-state index contributed by atoms with van der Waals surface area (Å²) in [6.45, 7) is 15.2. The van der Waals surface area contributed by atoms with Gasteiger partial charge in [-0.15, -0.1) is 0 Å². The SMILES string of the molecule is C=C[C@@H](OC(=O)c1ccccc1)[C@@H](OCCCCO[Si](C)(C)C(C)(C)C)[C@H](O)CO. The van der Waals surface area contributed by atoms with Gasteiger partial charge in [-0.3, -0.25) is 0 Å². The molecule has 0 radical (unpaired) electrons. The molecule has 30 heavy (non-hydrogen) atoms. The van der Waals surface area contributed by atoms with Gasteiger partial charge < -0.3 is 24.1 Å². The molecule has 3 atom stereocenters. The van der Waals surface area contributed by atoms with E-state index in [0.29, 0.717) is 18.8 Å². The Kier molecular flexibility index (Phi) is 10.9. The van der Waals surface area contributed by atoms with Crippen molar-refractivity contribution in [3.05, 3.63) is 48.6 Å². The second-order valence-corrected chi connectivity index (χ2v) is 13.7. The standard InChI is InChI=1S/C23H38O6Si/c1-7-20(29-22(26)18-13-9-8-10-14-18)21(19(25)17-24)27-15-11-12-16-28-30(5,6)23(2,3)4/h7-10,13-14,19-21,24-25H,1,11-12,15-17H2,2-6H3/t19-,20-,21+/m1/s1. The third kappa shape index (κ3) is 8.32. The number of carbonyl (C=O) groups is 1. The van der Waals surface area contributed by atoms with E-state index in [1.165, 1.54) is 6.08 Å². The molecule has 2 N–H and O–H groups in total. The van der Waals surface area contributed by atoms with Crippen molar-refractivity contribution >= 4 is 14.3 Å². The fraction of sp³-hybridized carbons (Fsp3) is 0.609. The molecule has 0 saturated carbocycles. The van der Waals surface area contributed by atoms with Gasteiger partial charge in [0, 0.05) is 13.2 Å². The zero-order valence-electron chi connectivity index (χ0n) is 19.0. The summed E-state index contributed by atoms with van der Waals surface area (Å²) in [4.78, 5) is 12.3. The second kappa shape index (κ2) is 12.4. The number of esters is 1. The molecule has 0 heterocycles. The lowest BCUT2D eigenvalue weighted by Crippen LogP contribution is -2.43. The molecule has 0 unspecified atom stereocenters. The van der Waals surface area contributed by atoms with Crippen LogP contribution in [0, 0.1) is 0 Å². The number of rotatable bonds is 13. The van der Waals surface area contributed by atoms with Gasteiger partial charge in [0.1, 0.15) is 18.3 Å². The van der Waals surface area contributed by atoms with Gasteiger partial charge in [-0.25, -0.2) is 4.79 Å². The van der Waals surface area contributed by atoms with E-state index in [-0.39, 0.29) is 5.04 Å². The fourth-order valence-corrected chi connectivity index (χ4v) is 3.60. The van der Waals surface area contributed by atoms with Gasteiger partial charge in [-0.1, -0.05) is 45.5 Å². The van der Waals surface area contributed by atoms with E-state index in [4.69, 9.17) is 13.9 Å². The Morgan fingerprint density at radius 2 is 1.77 bits per heavy atom. The minimum absolute atomic E-state index is 0.166. The van der Waals surface area contributed by atoms with Crippen molar-refractivity contribution in [2.24, 2.45) is 0 Å². The van der Waals surface area contributed by atoms with Crippen LogP contribution in [0.5, 0.6) is 0 Å². The van der Waals surface area contributed by atoms with Gasteiger partial charge in [-0.05, 0) is 49.2 Å². The molecule has 6 nitrogen and oxygen atoms in total. The Labute approximate surface area is 182 Å². The van der Waals surface area contributed by atoms with E-state index in [2.05, 4.69) is 40.4 Å². The van der Waals surface area contributed by atoms with Crippen LogP contribution in [-0.4, -0.2) is 62.6 Å². The predicted octanol–water partition coefficient (Wildman–Crippen LogP) is 3.94. The quantitative estimate of drug-likeness (QED) is 0.210. The highest BCUT2D eigenvalue weighted by Gasteiger charge is 2.36. The molecule has 1 aromatic rings. The van der Waals surface area contributed by atoms with E-state index in [9.17, 15) is 15.0 Å². The minimum atomic E-state index is -1.77. The summed E-state index contributed by atoms with van der Waals surface area (Å²) >= 11 is 0. The van der Waals surface area contributed by atoms with Gasteiger partial charge in [0.15, 0.2) is 8.32 Å². The van der Waals surface area contributed by atoms with E-state index < -0.39 is 39.2 Å². The third-order valence-corrected chi connectivity index (χ3v) is 10.0. The first-order chi connectivity index (χ1) is 14.0. The van der Waals surface area contributed by atoms with E-state index in [1.807, 2.05) is 0 Å². The van der Waals surface area contributed by atoms with Crippen molar-refractivity contribution in [3.63, 3.8) is 0 Å². The number of carbonyl (C=O) groups excluding carboxylic acids is 1. The molecule has 170 valence electrons. The van der Waals surface area contributed by atoms with E-state index >= 15 is 0 Å². The molecule has 1 aromatic carbocycles. The normalized spacial score (nSPS) is 15.3. The Bertz CT molecular complexity index is 641. The number of aliphatic hydroxyl groups is 2. The average molecular weight is 439 g/mol. The van der Waals surface area contributed by atoms with Crippen LogP contribution < -0.4 is 0 Å². The van der Waals surface area contributed by atoms with Crippen LogP contribution in [0.3, 0.4) is 0 Å². The van der Waals surface area contributed by atoms with Gasteiger partial charge in [0.25, 0.3) is 0 Å². The number of hydrogen-bond acceptors (Lipinski definition) is 6. The first-order valence-corrected chi connectivity index (χ1v) is 13.4. The van der Waals surface area contributed by atoms with Gasteiger partial charge in [0.05, 0.1) is 12.2 Å². The summed E-state index contributed by atoms with van der Waals surface area (Å²) < 4.78 is 17.4.